The van der Waals surface area contributed by atoms with E-state index in [1.807, 2.05) is 0 Å². The van der Waals surface area contributed by atoms with E-state index in [4.69, 9.17) is 0 Å². The van der Waals surface area contributed by atoms with Crippen LogP contribution in [-0.4, -0.2) is 0 Å². The quantitative estimate of drug-likeness (QED) is 0.571. The van der Waals surface area contributed by atoms with Crippen LogP contribution >= 0.6 is 0 Å². The Morgan fingerprint density at radius 2 is 1.38 bits per heavy atom. The maximum atomic E-state index is 4.13. The third-order valence-corrected chi connectivity index (χ3v) is 3.29. The van der Waals surface area contributed by atoms with Gasteiger partial charge in [0.1, 0.15) is 5.56 Å². The van der Waals surface area contributed by atoms with Crippen molar-refractivity contribution in [1.82, 2.24) is 0 Å². The first kappa shape index (κ1) is 10.2. The molecule has 1 aromatic rings. The van der Waals surface area contributed by atoms with Crippen LogP contribution in [0.1, 0.15) is 40.3 Å². The summed E-state index contributed by atoms with van der Waals surface area (Å²) in [6.07, 6.45) is 1.11. The fourth-order valence-corrected chi connectivity index (χ4v) is 2.01. The van der Waals surface area contributed by atoms with Crippen molar-refractivity contribution in [1.29, 1.82) is 0 Å². The molecule has 0 bridgehead atoms. The monoisotopic (exact) mass is 175 g/mol. The molecule has 0 saturated carbocycles. The summed E-state index contributed by atoms with van der Waals surface area (Å²) in [5.74, 6) is 0. The van der Waals surface area contributed by atoms with Crippen LogP contribution in [0, 0.1) is 34.6 Å². The van der Waals surface area contributed by atoms with Crippen molar-refractivity contribution in [2.75, 3.05) is 0 Å². The highest BCUT2D eigenvalue weighted by molar-refractivity contribution is 5.51. The second-order valence-corrected chi connectivity index (χ2v) is 3.81. The van der Waals surface area contributed by atoms with Crippen molar-refractivity contribution in [2.24, 2.45) is 0 Å². The second-order valence-electron chi connectivity index (χ2n) is 3.81. The van der Waals surface area contributed by atoms with Gasteiger partial charge in [-0.05, 0) is 25.8 Å². The second kappa shape index (κ2) is 3.45. The molecule has 13 heavy (non-hydrogen) atoms. The Bertz CT molecular complexity index is 303. The van der Waals surface area contributed by atoms with Gasteiger partial charge in [0, 0.05) is 31.9 Å². The first-order valence-electron chi connectivity index (χ1n) is 4.91. The molecule has 0 unspecified atom stereocenters. The highest BCUT2D eigenvalue weighted by atomic mass is 14.1. The van der Waals surface area contributed by atoms with E-state index in [-0.39, 0.29) is 0 Å². The Morgan fingerprint density at radius 3 is 1.85 bits per heavy atom. The predicted octanol–water partition coefficient (Wildman–Crippen LogP) is 3.66. The van der Waals surface area contributed by atoms with Crippen LogP contribution < -0.4 is 0 Å². The zero-order valence-corrected chi connectivity index (χ0v) is 9.41. The van der Waals surface area contributed by atoms with Crippen molar-refractivity contribution in [2.45, 2.75) is 41.0 Å². The summed E-state index contributed by atoms with van der Waals surface area (Å²) in [5.41, 5.74) is 8.29. The maximum Gasteiger partial charge on any atom is 0.132 e. The highest BCUT2D eigenvalue weighted by Gasteiger charge is 2.17. The Hall–Kier alpha value is -0.910. The first-order valence-corrected chi connectivity index (χ1v) is 4.91. The van der Waals surface area contributed by atoms with E-state index in [1.165, 1.54) is 33.4 Å². The van der Waals surface area contributed by atoms with E-state index in [0.29, 0.717) is 0 Å². The van der Waals surface area contributed by atoms with Crippen molar-refractivity contribution >= 4 is 0 Å². The molecule has 0 fully saturated rings. The molecular formula is C13H19+. The molecule has 0 heteroatoms. The van der Waals surface area contributed by atoms with Gasteiger partial charge in [-0.25, -0.2) is 0 Å². The summed E-state index contributed by atoms with van der Waals surface area (Å²) in [5, 5.41) is 0. The summed E-state index contributed by atoms with van der Waals surface area (Å²) in [4.78, 5) is 0. The van der Waals surface area contributed by atoms with E-state index in [1.54, 1.807) is 0 Å². The van der Waals surface area contributed by atoms with Crippen LogP contribution in [0.15, 0.2) is 0 Å². The molecule has 1 rings (SSSR count). The fourth-order valence-electron chi connectivity index (χ4n) is 2.01. The average Bonchev–Trinajstić information content (AvgIpc) is 2.13. The van der Waals surface area contributed by atoms with Crippen LogP contribution in [0.25, 0.3) is 0 Å². The molecule has 0 saturated heterocycles. The van der Waals surface area contributed by atoms with Crippen LogP contribution in [-0.2, 0) is 6.42 Å². The first-order chi connectivity index (χ1) is 6.00. The number of benzene rings is 1. The molecule has 70 valence electrons. The van der Waals surface area contributed by atoms with Crippen LogP contribution in [0.2, 0.25) is 0 Å². The summed E-state index contributed by atoms with van der Waals surface area (Å²) in [7, 11) is 0. The number of hydrogen-bond acceptors (Lipinski definition) is 0. The third kappa shape index (κ3) is 1.46. The van der Waals surface area contributed by atoms with Gasteiger partial charge in [-0.15, -0.1) is 0 Å². The van der Waals surface area contributed by atoms with Gasteiger partial charge in [0.05, 0.1) is 11.1 Å². The molecule has 0 heterocycles. The molecular weight excluding hydrogens is 156 g/mol. The lowest BCUT2D eigenvalue weighted by Gasteiger charge is -2.10. The zero-order chi connectivity index (χ0) is 10.2. The topological polar surface area (TPSA) is 0 Å². The van der Waals surface area contributed by atoms with Gasteiger partial charge in [0.2, 0.25) is 0 Å². The van der Waals surface area contributed by atoms with Crippen LogP contribution in [0.4, 0.5) is 0 Å². The smallest absolute Gasteiger partial charge is 0.0601 e. The SMILES string of the molecule is [CH2+]c1c(C)c(C)c(C)c(CC)c1C. The van der Waals surface area contributed by atoms with Crippen molar-refractivity contribution < 1.29 is 0 Å². The lowest BCUT2D eigenvalue weighted by Crippen LogP contribution is -2.01. The summed E-state index contributed by atoms with van der Waals surface area (Å²) in [6, 6.07) is 0. The van der Waals surface area contributed by atoms with E-state index in [2.05, 4.69) is 41.5 Å². The minimum absolute atomic E-state index is 1.11. The molecule has 0 aliphatic heterocycles. The van der Waals surface area contributed by atoms with Gasteiger partial charge < -0.3 is 0 Å². The van der Waals surface area contributed by atoms with Crippen molar-refractivity contribution in [3.63, 3.8) is 0 Å². The molecule has 0 spiro atoms. The summed E-state index contributed by atoms with van der Waals surface area (Å²) >= 11 is 0. The van der Waals surface area contributed by atoms with Gasteiger partial charge in [-0.2, -0.15) is 0 Å². The minimum atomic E-state index is 1.11. The fraction of sp³-hybridized carbons (Fsp3) is 0.462. The molecule has 0 nitrogen and oxygen atoms in total. The summed E-state index contributed by atoms with van der Waals surface area (Å²) < 4.78 is 0. The molecule has 1 aromatic carbocycles. The molecule has 0 aliphatic rings. The van der Waals surface area contributed by atoms with Crippen molar-refractivity contribution in [3.8, 4) is 0 Å². The van der Waals surface area contributed by atoms with Gasteiger partial charge in [-0.3, -0.25) is 0 Å². The third-order valence-electron chi connectivity index (χ3n) is 3.29. The van der Waals surface area contributed by atoms with E-state index < -0.39 is 0 Å². The molecule has 0 radical (unpaired) electrons. The van der Waals surface area contributed by atoms with Gasteiger partial charge >= 0.3 is 0 Å². The van der Waals surface area contributed by atoms with Gasteiger partial charge in [0.25, 0.3) is 0 Å². The molecule has 0 amide bonds. The van der Waals surface area contributed by atoms with E-state index >= 15 is 0 Å². The molecule has 0 aliphatic carbocycles. The lowest BCUT2D eigenvalue weighted by molar-refractivity contribution is 1.05. The van der Waals surface area contributed by atoms with Crippen LogP contribution in [0.3, 0.4) is 0 Å². The Labute approximate surface area is 82.0 Å². The predicted molar refractivity (Wildman–Crippen MR) is 59.2 cm³/mol. The molecule has 0 N–H and O–H groups in total. The van der Waals surface area contributed by atoms with Crippen LogP contribution in [0.5, 0.6) is 0 Å². The molecule has 0 aromatic heterocycles. The highest BCUT2D eigenvalue weighted by Crippen LogP contribution is 2.25. The standard InChI is InChI=1S/C13H19/c1-7-13-11(5)9(3)8(2)10(4)12(13)6/h3,7H2,1-2,4-6H3/q+1. The van der Waals surface area contributed by atoms with Gasteiger partial charge in [0.15, 0.2) is 0 Å². The summed E-state index contributed by atoms with van der Waals surface area (Å²) in [6.45, 7) is 15.1. The normalized spacial score (nSPS) is 10.5. The van der Waals surface area contributed by atoms with E-state index in [0.717, 1.165) is 6.42 Å². The maximum absolute atomic E-state index is 4.13. The Kier molecular flexibility index (Phi) is 2.70. The Morgan fingerprint density at radius 1 is 0.846 bits per heavy atom. The zero-order valence-electron chi connectivity index (χ0n) is 9.41. The Balaban J connectivity index is 3.56. The molecule has 0 atom stereocenters. The minimum Gasteiger partial charge on any atom is -0.0601 e. The van der Waals surface area contributed by atoms with Crippen molar-refractivity contribution in [3.05, 3.63) is 40.3 Å². The van der Waals surface area contributed by atoms with E-state index in [9.17, 15) is 0 Å². The lowest BCUT2D eigenvalue weighted by atomic mass is 9.89. The van der Waals surface area contributed by atoms with Gasteiger partial charge in [-0.1, -0.05) is 6.92 Å². The largest absolute Gasteiger partial charge is 0.132 e. The number of hydrogen-bond donors (Lipinski definition) is 0. The average molecular weight is 175 g/mol. The number of rotatable bonds is 1.